The van der Waals surface area contributed by atoms with Crippen molar-refractivity contribution < 1.29 is 9.15 Å². The van der Waals surface area contributed by atoms with Gasteiger partial charge in [-0.05, 0) is 43.5 Å². The number of aromatic nitrogens is 6. The van der Waals surface area contributed by atoms with Crippen LogP contribution in [-0.4, -0.2) is 41.8 Å². The molecule has 6 heterocycles. The van der Waals surface area contributed by atoms with Gasteiger partial charge in [-0.15, -0.1) is 0 Å². The van der Waals surface area contributed by atoms with Crippen LogP contribution in [0.1, 0.15) is 32.2 Å². The van der Waals surface area contributed by atoms with E-state index in [4.69, 9.17) is 14.1 Å². The van der Waals surface area contributed by atoms with Gasteiger partial charge in [0.25, 0.3) is 0 Å². The zero-order valence-electron chi connectivity index (χ0n) is 19.0. The molecule has 34 heavy (non-hydrogen) atoms. The number of rotatable bonds is 4. The van der Waals surface area contributed by atoms with Gasteiger partial charge < -0.3 is 13.7 Å². The summed E-state index contributed by atoms with van der Waals surface area (Å²) < 4.78 is 15.8. The third kappa shape index (κ3) is 3.40. The van der Waals surface area contributed by atoms with E-state index in [2.05, 4.69) is 21.9 Å². The molecule has 1 aliphatic rings. The molecule has 1 fully saturated rings. The van der Waals surface area contributed by atoms with Crippen LogP contribution >= 0.6 is 0 Å². The largest absolute Gasteiger partial charge is 0.450 e. The second-order valence-electron chi connectivity index (χ2n) is 8.65. The molecule has 2 unspecified atom stereocenters. The standard InChI is InChI=1S/C25H24N6O3/c1-3-16-12-15(9-11-33-16)31-23-22-20(8-7-17(28-22)19-13-30(2)14-27-19)34-24(23)21(29-25(31)32)18-6-4-5-10-26-18/h4-8,10,13-16H,3,9,11-12H2,1-2H3. The maximum absolute atomic E-state index is 13.5. The second-order valence-corrected chi connectivity index (χ2v) is 8.65. The van der Waals surface area contributed by atoms with E-state index < -0.39 is 0 Å². The summed E-state index contributed by atoms with van der Waals surface area (Å²) in [6.45, 7) is 2.70. The average molecular weight is 457 g/mol. The average Bonchev–Trinajstić information content (AvgIpc) is 3.47. The molecule has 0 amide bonds. The van der Waals surface area contributed by atoms with Crippen molar-refractivity contribution >= 4 is 22.2 Å². The van der Waals surface area contributed by atoms with E-state index >= 15 is 0 Å². The highest BCUT2D eigenvalue weighted by Crippen LogP contribution is 2.36. The molecule has 5 aromatic rings. The van der Waals surface area contributed by atoms with Gasteiger partial charge in [-0.1, -0.05) is 13.0 Å². The van der Waals surface area contributed by atoms with E-state index in [1.165, 1.54) is 0 Å². The van der Waals surface area contributed by atoms with Gasteiger partial charge in [0.2, 0.25) is 0 Å². The Balaban J connectivity index is 1.65. The van der Waals surface area contributed by atoms with Crippen molar-refractivity contribution in [3.05, 3.63) is 59.5 Å². The van der Waals surface area contributed by atoms with Crippen molar-refractivity contribution in [1.29, 1.82) is 0 Å². The van der Waals surface area contributed by atoms with Crippen molar-refractivity contribution in [1.82, 2.24) is 29.1 Å². The topological polar surface area (TPSA) is 101 Å². The van der Waals surface area contributed by atoms with Gasteiger partial charge in [-0.3, -0.25) is 9.55 Å². The molecule has 0 aliphatic carbocycles. The van der Waals surface area contributed by atoms with E-state index in [1.54, 1.807) is 17.1 Å². The van der Waals surface area contributed by atoms with Crippen LogP contribution in [0.4, 0.5) is 0 Å². The Morgan fingerprint density at radius 1 is 1.09 bits per heavy atom. The quantitative estimate of drug-likeness (QED) is 0.401. The molecule has 0 saturated carbocycles. The van der Waals surface area contributed by atoms with Crippen molar-refractivity contribution in [2.75, 3.05) is 6.61 Å². The summed E-state index contributed by atoms with van der Waals surface area (Å²) in [5.41, 5.74) is 4.51. The summed E-state index contributed by atoms with van der Waals surface area (Å²) in [6.07, 6.45) is 7.79. The number of furan rings is 1. The maximum atomic E-state index is 13.5. The molecular weight excluding hydrogens is 432 g/mol. The molecule has 9 heteroatoms. The Hall–Kier alpha value is -3.85. The van der Waals surface area contributed by atoms with Crippen LogP contribution in [0.5, 0.6) is 0 Å². The molecule has 9 nitrogen and oxygen atoms in total. The van der Waals surface area contributed by atoms with Gasteiger partial charge in [-0.25, -0.2) is 14.8 Å². The van der Waals surface area contributed by atoms with Crippen LogP contribution < -0.4 is 5.69 Å². The maximum Gasteiger partial charge on any atom is 0.349 e. The molecule has 1 aliphatic heterocycles. The minimum absolute atomic E-state index is 0.0555. The van der Waals surface area contributed by atoms with Crippen LogP contribution in [0.15, 0.2) is 58.3 Å². The molecule has 0 radical (unpaired) electrons. The fourth-order valence-corrected chi connectivity index (χ4v) is 4.73. The van der Waals surface area contributed by atoms with E-state index in [1.807, 2.05) is 48.1 Å². The summed E-state index contributed by atoms with van der Waals surface area (Å²) in [6, 6.07) is 9.22. The lowest BCUT2D eigenvalue weighted by Crippen LogP contribution is -2.34. The number of hydrogen-bond donors (Lipinski definition) is 0. The number of nitrogens with zero attached hydrogens (tertiary/aromatic N) is 6. The lowest BCUT2D eigenvalue weighted by atomic mass is 10.0. The summed E-state index contributed by atoms with van der Waals surface area (Å²) in [7, 11) is 1.92. The highest BCUT2D eigenvalue weighted by atomic mass is 16.5. The first kappa shape index (κ1) is 20.7. The van der Waals surface area contributed by atoms with Gasteiger partial charge in [0.15, 0.2) is 11.2 Å². The molecular formula is C25H24N6O3. The van der Waals surface area contributed by atoms with E-state index in [0.717, 1.165) is 25.0 Å². The van der Waals surface area contributed by atoms with Crippen LogP contribution in [0, 0.1) is 0 Å². The highest BCUT2D eigenvalue weighted by Gasteiger charge is 2.29. The third-order valence-corrected chi connectivity index (χ3v) is 6.41. The number of fused-ring (bicyclic) bond motifs is 3. The van der Waals surface area contributed by atoms with Gasteiger partial charge >= 0.3 is 5.69 Å². The fourth-order valence-electron chi connectivity index (χ4n) is 4.73. The van der Waals surface area contributed by atoms with Crippen LogP contribution in [0.3, 0.4) is 0 Å². The zero-order chi connectivity index (χ0) is 23.2. The normalized spacial score (nSPS) is 18.6. The Morgan fingerprint density at radius 3 is 2.76 bits per heavy atom. The lowest BCUT2D eigenvalue weighted by molar-refractivity contribution is -0.00710. The summed E-state index contributed by atoms with van der Waals surface area (Å²) in [5, 5.41) is 0. The van der Waals surface area contributed by atoms with Crippen LogP contribution in [0.2, 0.25) is 0 Å². The van der Waals surface area contributed by atoms with Crippen LogP contribution in [-0.2, 0) is 11.8 Å². The summed E-state index contributed by atoms with van der Waals surface area (Å²) in [4.78, 5) is 31.7. The number of ether oxygens (including phenoxy) is 1. The molecule has 0 spiro atoms. The van der Waals surface area contributed by atoms with Crippen molar-refractivity contribution in [3.8, 4) is 22.8 Å². The molecule has 5 aromatic heterocycles. The Morgan fingerprint density at radius 2 is 2.00 bits per heavy atom. The Bertz CT molecular complexity index is 1550. The van der Waals surface area contributed by atoms with Gasteiger partial charge in [0.1, 0.15) is 22.4 Å². The first-order chi connectivity index (χ1) is 16.6. The van der Waals surface area contributed by atoms with Gasteiger partial charge in [0, 0.05) is 32.1 Å². The van der Waals surface area contributed by atoms with E-state index in [-0.39, 0.29) is 17.8 Å². The summed E-state index contributed by atoms with van der Waals surface area (Å²) in [5.74, 6) is 0. The van der Waals surface area contributed by atoms with Gasteiger partial charge in [0.05, 0.1) is 23.8 Å². The van der Waals surface area contributed by atoms with Crippen molar-refractivity contribution in [2.45, 2.75) is 38.3 Å². The predicted molar refractivity (Wildman–Crippen MR) is 127 cm³/mol. The Labute approximate surface area is 195 Å². The fraction of sp³-hybridized carbons (Fsp3) is 0.320. The van der Waals surface area contributed by atoms with Crippen molar-refractivity contribution in [2.24, 2.45) is 7.05 Å². The molecule has 0 N–H and O–H groups in total. The molecule has 1 saturated heterocycles. The molecule has 172 valence electrons. The minimum Gasteiger partial charge on any atom is -0.450 e. The monoisotopic (exact) mass is 456 g/mol. The van der Waals surface area contributed by atoms with E-state index in [9.17, 15) is 4.79 Å². The number of pyridine rings is 2. The molecule has 0 bridgehead atoms. The molecule has 0 aromatic carbocycles. The number of imidazole rings is 1. The zero-order valence-corrected chi connectivity index (χ0v) is 19.0. The number of hydrogen-bond acceptors (Lipinski definition) is 7. The molecule has 6 rings (SSSR count). The molecule has 2 atom stereocenters. The first-order valence-electron chi connectivity index (χ1n) is 11.5. The van der Waals surface area contributed by atoms with Crippen molar-refractivity contribution in [3.63, 3.8) is 0 Å². The highest BCUT2D eigenvalue weighted by molar-refractivity contribution is 6.04. The lowest BCUT2D eigenvalue weighted by Gasteiger charge is -2.30. The SMILES string of the molecule is CCC1CC(n2c(=O)nc(-c3ccccn3)c3oc4ccc(-c5cn(C)cn5)nc4c32)CCO1. The van der Waals surface area contributed by atoms with E-state index in [0.29, 0.717) is 45.9 Å². The van der Waals surface area contributed by atoms with Gasteiger partial charge in [-0.2, -0.15) is 4.98 Å². The third-order valence-electron chi connectivity index (χ3n) is 6.41. The second kappa shape index (κ2) is 8.18. The first-order valence-corrected chi connectivity index (χ1v) is 11.5. The smallest absolute Gasteiger partial charge is 0.349 e. The summed E-state index contributed by atoms with van der Waals surface area (Å²) >= 11 is 0. The number of aryl methyl sites for hydroxylation is 1. The predicted octanol–water partition coefficient (Wildman–Crippen LogP) is 4.13. The Kier molecular flexibility index (Phi) is 4.99. The van der Waals surface area contributed by atoms with Crippen LogP contribution in [0.25, 0.3) is 45.0 Å². The minimum atomic E-state index is -0.331.